The van der Waals surface area contributed by atoms with E-state index in [9.17, 15) is 0 Å². The van der Waals surface area contributed by atoms with Gasteiger partial charge in [-0.2, -0.15) is 0 Å². The Labute approximate surface area is 124 Å². The van der Waals surface area contributed by atoms with Gasteiger partial charge >= 0.3 is 0 Å². The number of hydrogen-bond acceptors (Lipinski definition) is 3. The third-order valence-electron chi connectivity index (χ3n) is 3.65. The number of hydrogen-bond donors (Lipinski definition) is 1. The van der Waals surface area contributed by atoms with E-state index in [2.05, 4.69) is 49.4 Å². The van der Waals surface area contributed by atoms with Crippen LogP contribution in [0.1, 0.15) is 22.7 Å². The molecular weight excluding hydrogens is 266 g/mol. The van der Waals surface area contributed by atoms with E-state index < -0.39 is 0 Å². The highest BCUT2D eigenvalue weighted by atomic mass is 32.2. The summed E-state index contributed by atoms with van der Waals surface area (Å²) in [7, 11) is 0. The summed E-state index contributed by atoms with van der Waals surface area (Å²) >= 11 is 1.83. The average molecular weight is 285 g/mol. The Kier molecular flexibility index (Phi) is 3.99. The number of nitrogens with two attached hydrogens (primary N) is 1. The smallest absolute Gasteiger partial charge is 0.122 e. The molecule has 0 radical (unpaired) electrons. The van der Waals surface area contributed by atoms with Crippen LogP contribution in [0, 0.1) is 6.92 Å². The molecule has 0 bridgehead atoms. The first kappa shape index (κ1) is 13.5. The van der Waals surface area contributed by atoms with Crippen LogP contribution in [0.5, 0.6) is 5.75 Å². The molecule has 0 aromatic heterocycles. The quantitative estimate of drug-likeness (QED) is 0.870. The average Bonchev–Trinajstić information content (AvgIpc) is 2.93. The van der Waals surface area contributed by atoms with Gasteiger partial charge in [0.2, 0.25) is 0 Å². The van der Waals surface area contributed by atoms with E-state index in [0.717, 1.165) is 24.5 Å². The Morgan fingerprint density at radius 1 is 1.25 bits per heavy atom. The lowest BCUT2D eigenvalue weighted by Gasteiger charge is -2.13. The number of aryl methyl sites for hydroxylation is 1. The van der Waals surface area contributed by atoms with Crippen molar-refractivity contribution in [1.29, 1.82) is 0 Å². The van der Waals surface area contributed by atoms with Crippen molar-refractivity contribution in [2.75, 3.05) is 12.4 Å². The van der Waals surface area contributed by atoms with Crippen LogP contribution in [0.2, 0.25) is 0 Å². The Morgan fingerprint density at radius 2 is 2.10 bits per heavy atom. The van der Waals surface area contributed by atoms with Crippen molar-refractivity contribution in [1.82, 2.24) is 0 Å². The van der Waals surface area contributed by atoms with Gasteiger partial charge < -0.3 is 10.5 Å². The van der Waals surface area contributed by atoms with E-state index in [0.29, 0.717) is 0 Å². The van der Waals surface area contributed by atoms with Gasteiger partial charge in [-0.15, -0.1) is 11.8 Å². The maximum Gasteiger partial charge on any atom is 0.122 e. The number of rotatable bonds is 4. The predicted molar refractivity (Wildman–Crippen MR) is 84.5 cm³/mol. The van der Waals surface area contributed by atoms with Gasteiger partial charge in [0.25, 0.3) is 0 Å². The summed E-state index contributed by atoms with van der Waals surface area (Å²) in [5, 5.41) is 0. The predicted octanol–water partition coefficient (Wildman–Crippen LogP) is 3.72. The zero-order chi connectivity index (χ0) is 13.9. The Balaban J connectivity index is 1.67. The molecule has 2 N–H and O–H groups in total. The molecule has 1 unspecified atom stereocenters. The topological polar surface area (TPSA) is 35.2 Å². The molecule has 104 valence electrons. The molecule has 0 saturated heterocycles. The maximum absolute atomic E-state index is 6.33. The van der Waals surface area contributed by atoms with Crippen molar-refractivity contribution in [3.05, 3.63) is 59.2 Å². The van der Waals surface area contributed by atoms with E-state index in [1.165, 1.54) is 21.6 Å². The molecule has 20 heavy (non-hydrogen) atoms. The van der Waals surface area contributed by atoms with Gasteiger partial charge in [-0.1, -0.05) is 30.3 Å². The first-order valence-corrected chi connectivity index (χ1v) is 7.92. The lowest BCUT2D eigenvalue weighted by Crippen LogP contribution is -2.13. The van der Waals surface area contributed by atoms with Gasteiger partial charge in [0.05, 0.1) is 6.61 Å². The first-order valence-electron chi connectivity index (χ1n) is 6.93. The second-order valence-corrected chi connectivity index (χ2v) is 6.21. The molecule has 0 aliphatic carbocycles. The molecule has 2 aromatic rings. The Morgan fingerprint density at radius 3 is 2.95 bits per heavy atom. The van der Waals surface area contributed by atoms with Crippen LogP contribution in [0.3, 0.4) is 0 Å². The molecule has 0 spiro atoms. The van der Waals surface area contributed by atoms with E-state index in [4.69, 9.17) is 10.5 Å². The lowest BCUT2D eigenvalue weighted by molar-refractivity contribution is 0.357. The van der Waals surface area contributed by atoms with Crippen LogP contribution >= 0.6 is 11.8 Å². The lowest BCUT2D eigenvalue weighted by atomic mass is 10.0. The second-order valence-electron chi connectivity index (χ2n) is 5.15. The van der Waals surface area contributed by atoms with Crippen molar-refractivity contribution in [3.8, 4) is 5.75 Å². The molecule has 2 aromatic carbocycles. The summed E-state index contributed by atoms with van der Waals surface area (Å²) in [6.07, 6.45) is 1.00. The second kappa shape index (κ2) is 5.90. The van der Waals surface area contributed by atoms with Crippen LogP contribution in [-0.4, -0.2) is 12.4 Å². The molecule has 3 heteroatoms. The SMILES string of the molecule is Cc1ccccc1SCC(N)c1ccc2c(c1)CCO2. The molecule has 0 saturated carbocycles. The molecule has 1 aliphatic heterocycles. The number of benzene rings is 2. The third kappa shape index (κ3) is 2.84. The summed E-state index contributed by atoms with van der Waals surface area (Å²) in [5.74, 6) is 1.91. The monoisotopic (exact) mass is 285 g/mol. The Hall–Kier alpha value is -1.45. The van der Waals surface area contributed by atoms with Crippen molar-refractivity contribution in [3.63, 3.8) is 0 Å². The normalized spacial score (nSPS) is 14.7. The van der Waals surface area contributed by atoms with E-state index >= 15 is 0 Å². The highest BCUT2D eigenvalue weighted by molar-refractivity contribution is 7.99. The van der Waals surface area contributed by atoms with Gasteiger partial charge in [0.15, 0.2) is 0 Å². The fraction of sp³-hybridized carbons (Fsp3) is 0.294. The minimum atomic E-state index is 0.0607. The van der Waals surface area contributed by atoms with E-state index in [1.807, 2.05) is 11.8 Å². The third-order valence-corrected chi connectivity index (χ3v) is 4.95. The summed E-state index contributed by atoms with van der Waals surface area (Å²) in [6, 6.07) is 14.8. The number of thioether (sulfide) groups is 1. The minimum absolute atomic E-state index is 0.0607. The largest absolute Gasteiger partial charge is 0.493 e. The zero-order valence-corrected chi connectivity index (χ0v) is 12.5. The van der Waals surface area contributed by atoms with Crippen LogP contribution < -0.4 is 10.5 Å². The fourth-order valence-electron chi connectivity index (χ4n) is 2.43. The van der Waals surface area contributed by atoms with Gasteiger partial charge in [-0.3, -0.25) is 0 Å². The standard InChI is InChI=1S/C17H19NOS/c1-12-4-2-3-5-17(12)20-11-15(18)13-6-7-16-14(10-13)8-9-19-16/h2-7,10,15H,8-9,11,18H2,1H3. The van der Waals surface area contributed by atoms with Crippen LogP contribution in [0.25, 0.3) is 0 Å². The summed E-state index contributed by atoms with van der Waals surface area (Å²) in [4.78, 5) is 1.31. The van der Waals surface area contributed by atoms with E-state index in [1.54, 1.807) is 0 Å². The van der Waals surface area contributed by atoms with Crippen LogP contribution in [0.15, 0.2) is 47.4 Å². The van der Waals surface area contributed by atoms with Crippen molar-refractivity contribution in [2.45, 2.75) is 24.3 Å². The molecule has 1 heterocycles. The van der Waals surface area contributed by atoms with Gasteiger partial charge in [-0.05, 0) is 35.7 Å². The number of fused-ring (bicyclic) bond motifs is 1. The molecule has 1 atom stereocenters. The van der Waals surface area contributed by atoms with Gasteiger partial charge in [0, 0.05) is 23.1 Å². The molecule has 1 aliphatic rings. The Bertz CT molecular complexity index is 612. The summed E-state index contributed by atoms with van der Waals surface area (Å²) < 4.78 is 5.53. The summed E-state index contributed by atoms with van der Waals surface area (Å²) in [6.45, 7) is 2.94. The molecule has 0 fully saturated rings. The van der Waals surface area contributed by atoms with E-state index in [-0.39, 0.29) is 6.04 Å². The van der Waals surface area contributed by atoms with Crippen molar-refractivity contribution < 1.29 is 4.74 Å². The summed E-state index contributed by atoms with van der Waals surface area (Å²) in [5.41, 5.74) is 10.1. The highest BCUT2D eigenvalue weighted by Crippen LogP contribution is 2.30. The van der Waals surface area contributed by atoms with Crippen LogP contribution in [-0.2, 0) is 6.42 Å². The fourth-order valence-corrected chi connectivity index (χ4v) is 3.45. The van der Waals surface area contributed by atoms with Crippen LogP contribution in [0.4, 0.5) is 0 Å². The molecule has 3 rings (SSSR count). The van der Waals surface area contributed by atoms with Gasteiger partial charge in [0.1, 0.15) is 5.75 Å². The maximum atomic E-state index is 6.33. The molecule has 2 nitrogen and oxygen atoms in total. The highest BCUT2D eigenvalue weighted by Gasteiger charge is 2.15. The van der Waals surface area contributed by atoms with Crippen molar-refractivity contribution in [2.24, 2.45) is 5.73 Å². The molecule has 0 amide bonds. The zero-order valence-electron chi connectivity index (χ0n) is 11.6. The van der Waals surface area contributed by atoms with Gasteiger partial charge in [-0.25, -0.2) is 0 Å². The van der Waals surface area contributed by atoms with Crippen molar-refractivity contribution >= 4 is 11.8 Å². The number of ether oxygens (including phenoxy) is 1. The minimum Gasteiger partial charge on any atom is -0.493 e. The molecular formula is C17H19NOS. The first-order chi connectivity index (χ1) is 9.74.